The fourth-order valence-electron chi connectivity index (χ4n) is 5.37. The molecule has 0 aromatic carbocycles. The van der Waals surface area contributed by atoms with Crippen LogP contribution in [-0.4, -0.2) is 91.4 Å². The molecular formula is C26H44N6O4. The first-order valence-corrected chi connectivity index (χ1v) is 13.7. The Morgan fingerprint density at radius 2 is 1.81 bits per heavy atom. The number of hydrogen-bond acceptors (Lipinski definition) is 6. The molecule has 3 fully saturated rings. The third-order valence-electron chi connectivity index (χ3n) is 7.65. The van der Waals surface area contributed by atoms with Crippen molar-refractivity contribution >= 4 is 18.0 Å². The number of carbonyl (C=O) groups is 2. The number of morpholine rings is 1. The van der Waals surface area contributed by atoms with Crippen LogP contribution in [0.1, 0.15) is 72.1 Å². The van der Waals surface area contributed by atoms with Gasteiger partial charge in [-0.25, -0.2) is 4.79 Å². The lowest BCUT2D eigenvalue weighted by atomic mass is 9.84. The highest BCUT2D eigenvalue weighted by Crippen LogP contribution is 2.28. The van der Waals surface area contributed by atoms with Crippen molar-refractivity contribution in [2.75, 3.05) is 46.0 Å². The lowest BCUT2D eigenvalue weighted by Crippen LogP contribution is -2.61. The van der Waals surface area contributed by atoms with Crippen LogP contribution in [0.4, 0.5) is 4.79 Å². The molecule has 3 aliphatic rings. The van der Waals surface area contributed by atoms with E-state index >= 15 is 0 Å². The van der Waals surface area contributed by atoms with Gasteiger partial charge in [0, 0.05) is 32.2 Å². The number of piperidine rings is 1. The minimum atomic E-state index is -0.883. The average molecular weight is 505 g/mol. The molecule has 202 valence electrons. The van der Waals surface area contributed by atoms with Gasteiger partial charge in [0.15, 0.2) is 0 Å². The molecule has 2 heterocycles. The Hall–Kier alpha value is -2.38. The number of hydrogen-bond donors (Lipinski definition) is 2. The predicted octanol–water partition coefficient (Wildman–Crippen LogP) is 2.64. The maximum absolute atomic E-state index is 13.7. The molecule has 2 amide bonds. The Morgan fingerprint density at radius 3 is 2.39 bits per heavy atom. The second-order valence-electron chi connectivity index (χ2n) is 10.5. The van der Waals surface area contributed by atoms with Crippen molar-refractivity contribution in [1.82, 2.24) is 20.4 Å². The number of nitriles is 1. The van der Waals surface area contributed by atoms with Gasteiger partial charge in [-0.2, -0.15) is 5.26 Å². The standard InChI is InChI=1S/C26H44N6O4/c1-4-36-25(34)29-24(32-14-16-35-17-15-32)28-22(18-21-8-6-5-7-9-21)23(33)30-26(19-27)10-12-31(13-11-26)20(2)3/h20-22H,4-18H2,1-3H3,(H,30,33)(H,28,29,34). The summed E-state index contributed by atoms with van der Waals surface area (Å²) in [7, 11) is 0. The van der Waals surface area contributed by atoms with Crippen molar-refractivity contribution in [3.8, 4) is 6.07 Å². The van der Waals surface area contributed by atoms with E-state index in [2.05, 4.69) is 40.4 Å². The van der Waals surface area contributed by atoms with Crippen LogP contribution in [-0.2, 0) is 14.3 Å². The van der Waals surface area contributed by atoms with Gasteiger partial charge in [0.1, 0.15) is 11.6 Å². The van der Waals surface area contributed by atoms with E-state index < -0.39 is 17.7 Å². The minimum Gasteiger partial charge on any atom is -0.448 e. The van der Waals surface area contributed by atoms with Crippen molar-refractivity contribution in [1.29, 1.82) is 5.26 Å². The maximum atomic E-state index is 13.7. The molecule has 1 unspecified atom stereocenters. The number of nitrogens with zero attached hydrogens (tertiary/aromatic N) is 4. The molecule has 0 radical (unpaired) electrons. The van der Waals surface area contributed by atoms with Crippen molar-refractivity contribution in [3.05, 3.63) is 0 Å². The molecule has 1 aliphatic carbocycles. The van der Waals surface area contributed by atoms with E-state index in [-0.39, 0.29) is 12.5 Å². The summed E-state index contributed by atoms with van der Waals surface area (Å²) in [5, 5.41) is 16.5. The van der Waals surface area contributed by atoms with E-state index in [9.17, 15) is 14.9 Å². The van der Waals surface area contributed by atoms with Gasteiger partial charge in [0.25, 0.3) is 0 Å². The summed E-state index contributed by atoms with van der Waals surface area (Å²) in [5.74, 6) is 0.551. The van der Waals surface area contributed by atoms with Crippen LogP contribution in [0.25, 0.3) is 0 Å². The number of likely N-dealkylation sites (tertiary alicyclic amines) is 1. The average Bonchev–Trinajstić information content (AvgIpc) is 2.89. The number of aliphatic imine (C=N–C) groups is 1. The summed E-state index contributed by atoms with van der Waals surface area (Å²) in [6.45, 7) is 9.98. The number of rotatable bonds is 7. The molecule has 0 aromatic heterocycles. The third-order valence-corrected chi connectivity index (χ3v) is 7.65. The molecular weight excluding hydrogens is 460 g/mol. The van der Waals surface area contributed by atoms with Crippen molar-refractivity contribution in [2.24, 2.45) is 10.9 Å². The molecule has 2 aliphatic heterocycles. The third kappa shape index (κ3) is 8.07. The zero-order valence-corrected chi connectivity index (χ0v) is 22.3. The SMILES string of the molecule is CCOC(=O)/N=C(\NC(CC1CCCCC1)C(=O)NC1(C#N)CCN(C(C)C)CC1)N1CCOCC1. The van der Waals surface area contributed by atoms with Crippen LogP contribution in [0.3, 0.4) is 0 Å². The van der Waals surface area contributed by atoms with Gasteiger partial charge in [-0.05, 0) is 46.0 Å². The fourth-order valence-corrected chi connectivity index (χ4v) is 5.37. The molecule has 0 aromatic rings. The first kappa shape index (κ1) is 28.2. The Kier molecular flexibility index (Phi) is 10.8. The number of ether oxygens (including phenoxy) is 2. The van der Waals surface area contributed by atoms with E-state index in [1.54, 1.807) is 6.92 Å². The van der Waals surface area contributed by atoms with Crippen molar-refractivity contribution < 1.29 is 19.1 Å². The van der Waals surface area contributed by atoms with Crippen molar-refractivity contribution in [2.45, 2.75) is 89.8 Å². The van der Waals surface area contributed by atoms with Crippen LogP contribution in [0, 0.1) is 17.2 Å². The van der Waals surface area contributed by atoms with E-state index in [0.29, 0.717) is 63.5 Å². The van der Waals surface area contributed by atoms with Crippen LogP contribution in [0.5, 0.6) is 0 Å². The summed E-state index contributed by atoms with van der Waals surface area (Å²) in [6, 6.07) is 2.23. The zero-order chi connectivity index (χ0) is 26.0. The zero-order valence-electron chi connectivity index (χ0n) is 22.3. The largest absolute Gasteiger partial charge is 0.448 e. The Labute approximate surface area is 215 Å². The molecule has 36 heavy (non-hydrogen) atoms. The maximum Gasteiger partial charge on any atom is 0.436 e. The van der Waals surface area contributed by atoms with Gasteiger partial charge in [-0.1, -0.05) is 32.1 Å². The molecule has 1 atom stereocenters. The molecule has 2 saturated heterocycles. The predicted molar refractivity (Wildman–Crippen MR) is 137 cm³/mol. The molecule has 10 nitrogen and oxygen atoms in total. The summed E-state index contributed by atoms with van der Waals surface area (Å²) in [4.78, 5) is 34.5. The van der Waals surface area contributed by atoms with Gasteiger partial charge in [-0.3, -0.25) is 4.79 Å². The van der Waals surface area contributed by atoms with Gasteiger partial charge in [0.05, 0.1) is 25.9 Å². The van der Waals surface area contributed by atoms with E-state index in [1.165, 1.54) is 19.3 Å². The normalized spacial score (nSPS) is 22.5. The topological polar surface area (TPSA) is 119 Å². The smallest absolute Gasteiger partial charge is 0.436 e. The lowest BCUT2D eigenvalue weighted by Gasteiger charge is -2.40. The number of carbonyl (C=O) groups excluding carboxylic acids is 2. The van der Waals surface area contributed by atoms with E-state index in [0.717, 1.165) is 25.9 Å². The minimum absolute atomic E-state index is 0.204. The molecule has 0 bridgehead atoms. The second-order valence-corrected chi connectivity index (χ2v) is 10.5. The Morgan fingerprint density at radius 1 is 1.14 bits per heavy atom. The van der Waals surface area contributed by atoms with Gasteiger partial charge in [0.2, 0.25) is 11.9 Å². The fraction of sp³-hybridized carbons (Fsp3) is 0.846. The van der Waals surface area contributed by atoms with Crippen LogP contribution < -0.4 is 10.6 Å². The summed E-state index contributed by atoms with van der Waals surface area (Å²) in [6.07, 6.45) is 6.87. The summed E-state index contributed by atoms with van der Waals surface area (Å²) in [5.41, 5.74) is -0.883. The second kappa shape index (κ2) is 13.8. The number of guanidine groups is 1. The van der Waals surface area contributed by atoms with Gasteiger partial charge in [-0.15, -0.1) is 4.99 Å². The molecule has 1 saturated carbocycles. The molecule has 2 N–H and O–H groups in total. The van der Waals surface area contributed by atoms with E-state index in [4.69, 9.17) is 9.47 Å². The first-order chi connectivity index (χ1) is 17.4. The summed E-state index contributed by atoms with van der Waals surface area (Å²) < 4.78 is 10.5. The molecule has 10 heteroatoms. The van der Waals surface area contributed by atoms with Gasteiger partial charge < -0.3 is 29.9 Å². The van der Waals surface area contributed by atoms with E-state index in [1.807, 2.05) is 4.90 Å². The Balaban J connectivity index is 1.79. The van der Waals surface area contributed by atoms with Crippen LogP contribution in [0.2, 0.25) is 0 Å². The first-order valence-electron chi connectivity index (χ1n) is 13.7. The van der Waals surface area contributed by atoms with Gasteiger partial charge >= 0.3 is 6.09 Å². The van der Waals surface area contributed by atoms with Crippen LogP contribution >= 0.6 is 0 Å². The lowest BCUT2D eigenvalue weighted by molar-refractivity contribution is -0.125. The monoisotopic (exact) mass is 504 g/mol. The number of amides is 2. The van der Waals surface area contributed by atoms with Crippen LogP contribution in [0.15, 0.2) is 4.99 Å². The van der Waals surface area contributed by atoms with Crippen molar-refractivity contribution in [3.63, 3.8) is 0 Å². The molecule has 3 rings (SSSR count). The Bertz CT molecular complexity index is 791. The highest BCUT2D eigenvalue weighted by Gasteiger charge is 2.39. The quantitative estimate of drug-likeness (QED) is 0.401. The highest BCUT2D eigenvalue weighted by molar-refractivity contribution is 5.94. The summed E-state index contributed by atoms with van der Waals surface area (Å²) >= 11 is 0. The highest BCUT2D eigenvalue weighted by atomic mass is 16.5. The number of nitrogens with one attached hydrogen (secondary N) is 2. The molecule has 0 spiro atoms.